The number of thioether (sulfide) groups is 1. The number of phenolic OH excluding ortho intramolecular Hbond substituents is 1. The molecular weight excluding hydrogens is 372 g/mol. The second kappa shape index (κ2) is 7.90. The number of benzene rings is 2. The Labute approximate surface area is 167 Å². The van der Waals surface area contributed by atoms with Crippen LogP contribution in [0.3, 0.4) is 0 Å². The highest BCUT2D eigenvalue weighted by atomic mass is 32.2. The van der Waals surface area contributed by atoms with Gasteiger partial charge in [-0.3, -0.25) is 0 Å². The number of aromatic hydroxyl groups is 1. The van der Waals surface area contributed by atoms with Gasteiger partial charge in [0.25, 0.3) is 0 Å². The summed E-state index contributed by atoms with van der Waals surface area (Å²) in [6.45, 7) is 5.79. The van der Waals surface area contributed by atoms with Crippen LogP contribution < -0.4 is 10.1 Å². The van der Waals surface area contributed by atoms with Gasteiger partial charge < -0.3 is 15.2 Å². The minimum absolute atomic E-state index is 0.186. The van der Waals surface area contributed by atoms with E-state index in [0.717, 1.165) is 22.6 Å². The molecule has 0 spiro atoms. The van der Waals surface area contributed by atoms with Crippen molar-refractivity contribution in [2.75, 3.05) is 11.1 Å². The smallest absolute Gasteiger partial charge is 0.247 e. The molecule has 0 unspecified atom stereocenters. The van der Waals surface area contributed by atoms with Crippen molar-refractivity contribution in [2.45, 2.75) is 24.7 Å². The van der Waals surface area contributed by atoms with E-state index in [1.54, 1.807) is 6.08 Å². The van der Waals surface area contributed by atoms with E-state index in [1.165, 1.54) is 11.8 Å². The van der Waals surface area contributed by atoms with Gasteiger partial charge in [0.2, 0.25) is 17.3 Å². The molecule has 3 aromatic rings. The SMILES string of the molecule is C=CCc1cccc([C@@H]2Nc3ccccc3-c3nnc(SCC)nc3O2)c1O. The number of aromatic nitrogens is 3. The van der Waals surface area contributed by atoms with Gasteiger partial charge in [0.1, 0.15) is 5.75 Å². The Morgan fingerprint density at radius 3 is 2.89 bits per heavy atom. The van der Waals surface area contributed by atoms with Crippen LogP contribution in [-0.2, 0) is 6.42 Å². The zero-order valence-electron chi connectivity index (χ0n) is 15.4. The molecule has 2 aromatic carbocycles. The Bertz CT molecular complexity index is 1030. The lowest BCUT2D eigenvalue weighted by Gasteiger charge is -2.21. The maximum Gasteiger partial charge on any atom is 0.247 e. The minimum atomic E-state index is -0.622. The maximum absolute atomic E-state index is 10.8. The van der Waals surface area contributed by atoms with Crippen molar-refractivity contribution in [3.63, 3.8) is 0 Å². The van der Waals surface area contributed by atoms with Crippen LogP contribution in [-0.4, -0.2) is 26.0 Å². The number of ether oxygens (including phenoxy) is 1. The van der Waals surface area contributed by atoms with Crippen molar-refractivity contribution in [3.05, 3.63) is 66.2 Å². The van der Waals surface area contributed by atoms with Gasteiger partial charge in [-0.15, -0.1) is 16.8 Å². The van der Waals surface area contributed by atoms with Crippen LogP contribution in [0, 0.1) is 0 Å². The summed E-state index contributed by atoms with van der Waals surface area (Å²) in [4.78, 5) is 4.56. The van der Waals surface area contributed by atoms with E-state index in [1.807, 2.05) is 49.4 Å². The van der Waals surface area contributed by atoms with Gasteiger partial charge in [0, 0.05) is 11.3 Å². The molecule has 0 aliphatic carbocycles. The zero-order chi connectivity index (χ0) is 19.5. The van der Waals surface area contributed by atoms with E-state index in [4.69, 9.17) is 4.74 Å². The fraction of sp³-hybridized carbons (Fsp3) is 0.190. The number of anilines is 1. The molecule has 0 amide bonds. The second-order valence-corrected chi connectivity index (χ2v) is 7.45. The molecule has 1 atom stereocenters. The number of nitrogens with zero attached hydrogens (tertiary/aromatic N) is 3. The average Bonchev–Trinajstić information content (AvgIpc) is 2.86. The first-order valence-corrected chi connectivity index (χ1v) is 10.0. The summed E-state index contributed by atoms with van der Waals surface area (Å²) in [6, 6.07) is 13.4. The predicted molar refractivity (Wildman–Crippen MR) is 111 cm³/mol. The summed E-state index contributed by atoms with van der Waals surface area (Å²) in [5.41, 5.74) is 3.69. The van der Waals surface area contributed by atoms with Crippen molar-refractivity contribution in [2.24, 2.45) is 0 Å². The maximum atomic E-state index is 10.8. The Balaban J connectivity index is 1.83. The first-order chi connectivity index (χ1) is 13.7. The molecule has 0 radical (unpaired) electrons. The van der Waals surface area contributed by atoms with Crippen molar-refractivity contribution < 1.29 is 9.84 Å². The van der Waals surface area contributed by atoms with Crippen molar-refractivity contribution in [3.8, 4) is 22.9 Å². The van der Waals surface area contributed by atoms with Crippen LogP contribution >= 0.6 is 11.8 Å². The van der Waals surface area contributed by atoms with Gasteiger partial charge in [0.15, 0.2) is 5.69 Å². The van der Waals surface area contributed by atoms with Crippen LogP contribution in [0.25, 0.3) is 11.3 Å². The standard InChI is InChI=1S/C21H20N4O2S/c1-3-8-13-9-7-11-15(18(13)26)19-22-16-12-6-5-10-14(16)17-20(27-19)23-21(25-24-17)28-4-2/h3,5-7,9-12,19,22,26H,1,4,8H2,2H3/t19-/m1/s1. The van der Waals surface area contributed by atoms with Crippen LogP contribution in [0.1, 0.15) is 24.3 Å². The van der Waals surface area contributed by atoms with Gasteiger partial charge in [-0.1, -0.05) is 55.1 Å². The molecule has 2 heterocycles. The number of phenols is 1. The van der Waals surface area contributed by atoms with Crippen LogP contribution in [0.2, 0.25) is 0 Å². The van der Waals surface area contributed by atoms with Gasteiger partial charge in [-0.05, 0) is 29.9 Å². The van der Waals surface area contributed by atoms with E-state index in [9.17, 15) is 5.11 Å². The quantitative estimate of drug-likeness (QED) is 0.486. The van der Waals surface area contributed by atoms with E-state index >= 15 is 0 Å². The normalized spacial score (nSPS) is 14.8. The number of hydrogen-bond donors (Lipinski definition) is 2. The topological polar surface area (TPSA) is 80.2 Å². The highest BCUT2D eigenvalue weighted by Crippen LogP contribution is 2.41. The average molecular weight is 392 g/mol. The van der Waals surface area contributed by atoms with Crippen LogP contribution in [0.15, 0.2) is 60.3 Å². The van der Waals surface area contributed by atoms with E-state index < -0.39 is 6.23 Å². The number of rotatable bonds is 5. The van der Waals surface area contributed by atoms with Gasteiger partial charge in [0.05, 0.1) is 5.56 Å². The van der Waals surface area contributed by atoms with Crippen molar-refractivity contribution in [1.82, 2.24) is 15.2 Å². The lowest BCUT2D eigenvalue weighted by Crippen LogP contribution is -2.17. The third kappa shape index (κ3) is 3.41. The first-order valence-electron chi connectivity index (χ1n) is 9.03. The molecule has 0 bridgehead atoms. The summed E-state index contributed by atoms with van der Waals surface area (Å²) in [7, 11) is 0. The highest BCUT2D eigenvalue weighted by molar-refractivity contribution is 7.99. The molecule has 142 valence electrons. The lowest BCUT2D eigenvalue weighted by molar-refractivity contribution is 0.220. The monoisotopic (exact) mass is 392 g/mol. The highest BCUT2D eigenvalue weighted by Gasteiger charge is 2.28. The van der Waals surface area contributed by atoms with Gasteiger partial charge in [-0.25, -0.2) is 0 Å². The Hall–Kier alpha value is -3.06. The van der Waals surface area contributed by atoms with Crippen LogP contribution in [0.4, 0.5) is 5.69 Å². The summed E-state index contributed by atoms with van der Waals surface area (Å²) < 4.78 is 6.20. The number of fused-ring (bicyclic) bond motifs is 3. The molecule has 2 N–H and O–H groups in total. The third-order valence-electron chi connectivity index (χ3n) is 4.40. The minimum Gasteiger partial charge on any atom is -0.507 e. The number of hydrogen-bond acceptors (Lipinski definition) is 7. The molecule has 6 nitrogen and oxygen atoms in total. The second-order valence-electron chi connectivity index (χ2n) is 6.22. The van der Waals surface area contributed by atoms with Gasteiger partial charge in [-0.2, -0.15) is 4.98 Å². The number of nitrogens with one attached hydrogen (secondary N) is 1. The van der Waals surface area contributed by atoms with E-state index in [2.05, 4.69) is 27.1 Å². The summed E-state index contributed by atoms with van der Waals surface area (Å²) in [5, 5.41) is 23.3. The Kier molecular flexibility index (Phi) is 5.16. The van der Waals surface area contributed by atoms with E-state index in [-0.39, 0.29) is 5.75 Å². The molecular formula is C21H20N4O2S. The summed E-state index contributed by atoms with van der Waals surface area (Å²) in [5.74, 6) is 1.41. The molecule has 28 heavy (non-hydrogen) atoms. The zero-order valence-corrected chi connectivity index (χ0v) is 16.2. The lowest BCUT2D eigenvalue weighted by atomic mass is 10.0. The molecule has 1 aliphatic heterocycles. The molecule has 0 saturated carbocycles. The summed E-state index contributed by atoms with van der Waals surface area (Å²) >= 11 is 1.50. The van der Waals surface area contributed by atoms with Crippen molar-refractivity contribution in [1.29, 1.82) is 0 Å². The number of para-hydroxylation sites is 2. The Morgan fingerprint density at radius 1 is 1.21 bits per heavy atom. The molecule has 0 fully saturated rings. The first kappa shape index (κ1) is 18.3. The Morgan fingerprint density at radius 2 is 2.07 bits per heavy atom. The molecule has 1 aromatic heterocycles. The summed E-state index contributed by atoms with van der Waals surface area (Å²) in [6.07, 6.45) is 1.71. The van der Waals surface area contributed by atoms with Gasteiger partial charge >= 0.3 is 0 Å². The predicted octanol–water partition coefficient (Wildman–Crippen LogP) is 4.59. The largest absolute Gasteiger partial charge is 0.507 e. The molecule has 4 rings (SSSR count). The third-order valence-corrected chi connectivity index (χ3v) is 5.12. The molecule has 7 heteroatoms. The fourth-order valence-electron chi connectivity index (χ4n) is 3.12. The molecule has 1 aliphatic rings. The van der Waals surface area contributed by atoms with Crippen LogP contribution in [0.5, 0.6) is 11.6 Å². The number of allylic oxidation sites excluding steroid dienone is 1. The molecule has 0 saturated heterocycles. The van der Waals surface area contributed by atoms with E-state index in [0.29, 0.717) is 28.7 Å². The van der Waals surface area contributed by atoms with Crippen molar-refractivity contribution >= 4 is 17.4 Å². The fourth-order valence-corrected chi connectivity index (χ4v) is 3.63.